The van der Waals surface area contributed by atoms with Crippen molar-refractivity contribution in [1.82, 2.24) is 19.4 Å². The number of ether oxygens (including phenoxy) is 1. The molecule has 42 heavy (non-hydrogen) atoms. The average molecular weight is 610 g/mol. The van der Waals surface area contributed by atoms with Crippen LogP contribution in [-0.2, 0) is 22.7 Å². The Kier molecular flexibility index (Phi) is 9.02. The summed E-state index contributed by atoms with van der Waals surface area (Å²) in [5.74, 6) is -0.651. The fourth-order valence-electron chi connectivity index (χ4n) is 5.00. The molecule has 0 aliphatic carbocycles. The van der Waals surface area contributed by atoms with Crippen LogP contribution in [-0.4, -0.2) is 72.4 Å². The molecule has 2 aromatic heterocycles. The summed E-state index contributed by atoms with van der Waals surface area (Å²) < 4.78 is 23.3. The monoisotopic (exact) mass is 609 g/mol. The van der Waals surface area contributed by atoms with Gasteiger partial charge < -0.3 is 29.7 Å². The van der Waals surface area contributed by atoms with Crippen LogP contribution in [0.25, 0.3) is 22.2 Å². The minimum atomic E-state index is -0.543. The van der Waals surface area contributed by atoms with Gasteiger partial charge in [-0.25, -0.2) is 14.4 Å². The standard InChI is InChI=1S/C30H33ClFN7O2S/c1-6-27(40)34-21-14-22(26(42-5)15-24(21)38(4)10-9-37(2)3)35-30-33-16-20(32)29(36-30)28-19-8-7-18(31)13-23(19)39-11-12-41-17-25(28)39/h6-8,13-16H,1,9-12,17H2,2-5H3,(H,34,40)(H,33,35,36). The number of halogens is 2. The number of aromatic nitrogens is 3. The van der Waals surface area contributed by atoms with Crippen LogP contribution in [0.4, 0.5) is 27.4 Å². The molecule has 0 unspecified atom stereocenters. The maximum absolute atomic E-state index is 15.4. The number of benzene rings is 2. The molecule has 5 rings (SSSR count). The maximum Gasteiger partial charge on any atom is 0.247 e. The van der Waals surface area contributed by atoms with Crippen LogP contribution in [0.2, 0.25) is 5.02 Å². The Morgan fingerprint density at radius 3 is 2.79 bits per heavy atom. The van der Waals surface area contributed by atoms with E-state index in [9.17, 15) is 4.79 Å². The SMILES string of the molecule is C=CC(=O)Nc1cc(Nc2ncc(F)c(-c3c4n(c5cc(Cl)ccc35)CCOC4)n2)c(SC)cc1N(C)CCN(C)C. The molecule has 0 bridgehead atoms. The minimum Gasteiger partial charge on any atom is -0.373 e. The molecule has 220 valence electrons. The second-order valence-corrected chi connectivity index (χ2v) is 11.5. The maximum atomic E-state index is 15.4. The predicted molar refractivity (Wildman–Crippen MR) is 170 cm³/mol. The molecule has 0 fully saturated rings. The summed E-state index contributed by atoms with van der Waals surface area (Å²) in [5.41, 5.74) is 4.70. The molecule has 0 saturated carbocycles. The van der Waals surface area contributed by atoms with E-state index in [-0.39, 0.29) is 17.5 Å². The van der Waals surface area contributed by atoms with Crippen molar-refractivity contribution >= 4 is 63.2 Å². The van der Waals surface area contributed by atoms with Gasteiger partial charge in [0, 0.05) is 47.5 Å². The van der Waals surface area contributed by atoms with Crippen LogP contribution in [0.1, 0.15) is 5.69 Å². The molecule has 9 nitrogen and oxygen atoms in total. The van der Waals surface area contributed by atoms with Gasteiger partial charge in [-0.05, 0) is 50.7 Å². The van der Waals surface area contributed by atoms with Crippen molar-refractivity contribution in [3.8, 4) is 11.3 Å². The summed E-state index contributed by atoms with van der Waals surface area (Å²) in [5, 5.41) is 7.63. The molecule has 0 saturated heterocycles. The number of amides is 1. The molecule has 2 N–H and O–H groups in total. The second kappa shape index (κ2) is 12.7. The van der Waals surface area contributed by atoms with Gasteiger partial charge in [-0.15, -0.1) is 11.8 Å². The number of thioether (sulfide) groups is 1. The number of carbonyl (C=O) groups is 1. The number of fused-ring (bicyclic) bond motifs is 3. The third-order valence-electron chi connectivity index (χ3n) is 7.11. The molecule has 1 aliphatic rings. The van der Waals surface area contributed by atoms with Crippen LogP contribution in [0, 0.1) is 5.82 Å². The number of nitrogens with zero attached hydrogens (tertiary/aromatic N) is 5. The van der Waals surface area contributed by atoms with E-state index >= 15 is 4.39 Å². The highest BCUT2D eigenvalue weighted by atomic mass is 35.5. The smallest absolute Gasteiger partial charge is 0.247 e. The molecule has 2 aromatic carbocycles. The molecule has 0 spiro atoms. The topological polar surface area (TPSA) is 87.5 Å². The molecule has 1 amide bonds. The molecule has 3 heterocycles. The second-order valence-electron chi connectivity index (χ2n) is 10.2. The van der Waals surface area contributed by atoms with Gasteiger partial charge in [0.2, 0.25) is 11.9 Å². The Morgan fingerprint density at radius 2 is 2.05 bits per heavy atom. The van der Waals surface area contributed by atoms with Crippen molar-refractivity contribution in [2.24, 2.45) is 0 Å². The van der Waals surface area contributed by atoms with Crippen molar-refractivity contribution in [1.29, 1.82) is 0 Å². The van der Waals surface area contributed by atoms with E-state index in [1.807, 2.05) is 51.7 Å². The number of likely N-dealkylation sites (N-methyl/N-ethyl adjacent to an activating group) is 2. The number of anilines is 4. The zero-order valence-electron chi connectivity index (χ0n) is 24.0. The molecular formula is C30H33ClFN7O2S. The Morgan fingerprint density at radius 1 is 1.24 bits per heavy atom. The number of carbonyl (C=O) groups excluding carboxylic acids is 1. The van der Waals surface area contributed by atoms with Crippen molar-refractivity contribution in [3.05, 3.63) is 65.7 Å². The van der Waals surface area contributed by atoms with E-state index < -0.39 is 5.82 Å². The van der Waals surface area contributed by atoms with Gasteiger partial charge in [0.1, 0.15) is 5.69 Å². The molecule has 1 aliphatic heterocycles. The number of nitrogens with one attached hydrogen (secondary N) is 2. The van der Waals surface area contributed by atoms with Gasteiger partial charge in [0.05, 0.1) is 47.7 Å². The summed E-state index contributed by atoms with van der Waals surface area (Å²) in [6.07, 6.45) is 4.37. The van der Waals surface area contributed by atoms with E-state index in [0.717, 1.165) is 40.3 Å². The summed E-state index contributed by atoms with van der Waals surface area (Å²) in [6.45, 7) is 6.70. The van der Waals surface area contributed by atoms with Gasteiger partial charge in [-0.2, -0.15) is 0 Å². The highest BCUT2D eigenvalue weighted by molar-refractivity contribution is 7.98. The highest BCUT2D eigenvalue weighted by Gasteiger charge is 2.25. The third-order valence-corrected chi connectivity index (χ3v) is 8.13. The van der Waals surface area contributed by atoms with Crippen LogP contribution < -0.4 is 15.5 Å². The van der Waals surface area contributed by atoms with Crippen LogP contribution in [0.5, 0.6) is 0 Å². The molecular weight excluding hydrogens is 577 g/mol. The normalized spacial score (nSPS) is 12.8. The lowest BCUT2D eigenvalue weighted by molar-refractivity contribution is -0.111. The lowest BCUT2D eigenvalue weighted by Gasteiger charge is -2.26. The zero-order chi connectivity index (χ0) is 30.0. The van der Waals surface area contributed by atoms with Crippen LogP contribution in [0.15, 0.2) is 54.1 Å². The van der Waals surface area contributed by atoms with E-state index in [2.05, 4.69) is 41.5 Å². The average Bonchev–Trinajstić information content (AvgIpc) is 3.30. The first-order valence-electron chi connectivity index (χ1n) is 13.4. The summed E-state index contributed by atoms with van der Waals surface area (Å²) in [6, 6.07) is 9.41. The minimum absolute atomic E-state index is 0.171. The number of rotatable bonds is 10. The fourth-order valence-corrected chi connectivity index (χ4v) is 5.72. The number of hydrogen-bond acceptors (Lipinski definition) is 8. The van der Waals surface area contributed by atoms with Crippen molar-refractivity contribution in [2.45, 2.75) is 18.0 Å². The first kappa shape index (κ1) is 29.8. The Hall–Kier alpha value is -3.64. The van der Waals surface area contributed by atoms with E-state index in [0.29, 0.717) is 41.7 Å². The number of hydrogen-bond donors (Lipinski definition) is 2. The van der Waals surface area contributed by atoms with Gasteiger partial charge in [0.15, 0.2) is 5.82 Å². The van der Waals surface area contributed by atoms with Crippen LogP contribution >= 0.6 is 23.4 Å². The van der Waals surface area contributed by atoms with E-state index in [4.69, 9.17) is 16.3 Å². The summed E-state index contributed by atoms with van der Waals surface area (Å²) in [7, 11) is 6.01. The Balaban J connectivity index is 1.57. The van der Waals surface area contributed by atoms with Gasteiger partial charge in [-0.3, -0.25) is 4.79 Å². The summed E-state index contributed by atoms with van der Waals surface area (Å²) >= 11 is 7.85. The highest BCUT2D eigenvalue weighted by Crippen LogP contribution is 2.40. The van der Waals surface area contributed by atoms with Crippen LogP contribution in [0.3, 0.4) is 0 Å². The molecule has 0 atom stereocenters. The van der Waals surface area contributed by atoms with Gasteiger partial charge in [-0.1, -0.05) is 24.2 Å². The predicted octanol–water partition coefficient (Wildman–Crippen LogP) is 6.01. The van der Waals surface area contributed by atoms with E-state index in [1.54, 1.807) is 6.07 Å². The lowest BCUT2D eigenvalue weighted by atomic mass is 10.1. The largest absolute Gasteiger partial charge is 0.373 e. The molecule has 4 aromatic rings. The lowest BCUT2D eigenvalue weighted by Crippen LogP contribution is -2.29. The van der Waals surface area contributed by atoms with Crippen molar-refractivity contribution < 1.29 is 13.9 Å². The zero-order valence-corrected chi connectivity index (χ0v) is 25.6. The fraction of sp³-hybridized carbons (Fsp3) is 0.300. The quantitative estimate of drug-likeness (QED) is 0.167. The summed E-state index contributed by atoms with van der Waals surface area (Å²) in [4.78, 5) is 26.3. The third kappa shape index (κ3) is 6.10. The van der Waals surface area contributed by atoms with Gasteiger partial charge >= 0.3 is 0 Å². The first-order valence-corrected chi connectivity index (χ1v) is 15.0. The Labute approximate surface area is 253 Å². The van der Waals surface area contributed by atoms with Gasteiger partial charge in [0.25, 0.3) is 0 Å². The Bertz CT molecular complexity index is 1660. The van der Waals surface area contributed by atoms with Crippen molar-refractivity contribution in [3.63, 3.8) is 0 Å². The van der Waals surface area contributed by atoms with Crippen molar-refractivity contribution in [2.75, 3.05) is 62.6 Å². The molecule has 12 heteroatoms. The van der Waals surface area contributed by atoms with E-state index in [1.165, 1.54) is 24.0 Å². The first-order chi connectivity index (χ1) is 20.2. The molecule has 0 radical (unpaired) electrons.